The third-order valence-electron chi connectivity index (χ3n) is 4.54. The zero-order valence-electron chi connectivity index (χ0n) is 14.4. The molecule has 3 rings (SSSR count). The number of carbonyl (C=O) groups is 1. The van der Waals surface area contributed by atoms with Gasteiger partial charge < -0.3 is 15.5 Å². The van der Waals surface area contributed by atoms with Crippen LogP contribution in [0.4, 0.5) is 21.9 Å². The number of amides is 2. The molecule has 26 heavy (non-hydrogen) atoms. The van der Waals surface area contributed by atoms with Gasteiger partial charge in [-0.05, 0) is 37.5 Å². The maximum atomic E-state index is 12.1. The Bertz CT molecular complexity index is 766. The monoisotopic (exact) mass is 354 g/mol. The summed E-state index contributed by atoms with van der Waals surface area (Å²) in [5, 5.41) is 17.0. The third-order valence-corrected chi connectivity index (χ3v) is 4.54. The van der Waals surface area contributed by atoms with Gasteiger partial charge in [-0.2, -0.15) is 0 Å². The number of hydrogen-bond acceptors (Lipinski definition) is 4. The van der Waals surface area contributed by atoms with Gasteiger partial charge in [-0.1, -0.05) is 30.3 Å². The van der Waals surface area contributed by atoms with Crippen molar-refractivity contribution in [3.8, 4) is 0 Å². The van der Waals surface area contributed by atoms with Crippen LogP contribution in [0.1, 0.15) is 19.3 Å². The summed E-state index contributed by atoms with van der Waals surface area (Å²) in [7, 11) is 0. The van der Waals surface area contributed by atoms with Crippen molar-refractivity contribution in [1.82, 2.24) is 5.32 Å². The summed E-state index contributed by atoms with van der Waals surface area (Å²) in [5.74, 6) is 0. The number of nitrogens with one attached hydrogen (secondary N) is 2. The lowest BCUT2D eigenvalue weighted by atomic mass is 10.0. The molecular formula is C19H22N4O3. The first-order valence-electron chi connectivity index (χ1n) is 8.75. The number of rotatable bonds is 5. The van der Waals surface area contributed by atoms with E-state index in [0.717, 1.165) is 31.5 Å². The van der Waals surface area contributed by atoms with Crippen LogP contribution in [0.2, 0.25) is 0 Å². The van der Waals surface area contributed by atoms with Gasteiger partial charge in [0.15, 0.2) is 0 Å². The minimum atomic E-state index is -0.351. The number of carbonyl (C=O) groups excluding carboxylic acids is 1. The van der Waals surface area contributed by atoms with Crippen molar-refractivity contribution in [2.75, 3.05) is 23.3 Å². The number of nitro benzene ring substituents is 1. The van der Waals surface area contributed by atoms with Gasteiger partial charge >= 0.3 is 6.03 Å². The Balaban J connectivity index is 1.66. The van der Waals surface area contributed by atoms with Crippen LogP contribution in [-0.2, 0) is 0 Å². The standard InChI is InChI=1S/C19H22N4O3/c24-19(21-15-8-2-1-3-9-15)20-14-16-10-6-7-13-22(16)17-11-4-5-12-18(17)23(25)26/h1-5,8-9,11-12,16H,6-7,10,13-14H2,(H2,20,21,24). The lowest BCUT2D eigenvalue weighted by Crippen LogP contribution is -2.47. The predicted molar refractivity (Wildman–Crippen MR) is 102 cm³/mol. The molecule has 1 unspecified atom stereocenters. The lowest BCUT2D eigenvalue weighted by molar-refractivity contribution is -0.384. The molecule has 0 aliphatic carbocycles. The van der Waals surface area contributed by atoms with E-state index in [9.17, 15) is 14.9 Å². The smallest absolute Gasteiger partial charge is 0.319 e. The molecule has 1 saturated heterocycles. The number of piperidine rings is 1. The molecular weight excluding hydrogens is 332 g/mol. The molecule has 1 atom stereocenters. The van der Waals surface area contributed by atoms with Crippen LogP contribution in [0.15, 0.2) is 54.6 Å². The first-order chi connectivity index (χ1) is 12.6. The maximum Gasteiger partial charge on any atom is 0.319 e. The average molecular weight is 354 g/mol. The van der Waals surface area contributed by atoms with Crippen molar-refractivity contribution in [2.24, 2.45) is 0 Å². The van der Waals surface area contributed by atoms with E-state index >= 15 is 0 Å². The molecule has 0 spiro atoms. The Kier molecular flexibility index (Phi) is 5.68. The normalized spacial score (nSPS) is 16.8. The number of benzene rings is 2. The van der Waals surface area contributed by atoms with Crippen molar-refractivity contribution in [1.29, 1.82) is 0 Å². The van der Waals surface area contributed by atoms with Crippen LogP contribution in [-0.4, -0.2) is 30.1 Å². The summed E-state index contributed by atoms with van der Waals surface area (Å²) in [4.78, 5) is 25.2. The molecule has 2 aromatic rings. The van der Waals surface area contributed by atoms with Crippen LogP contribution in [0, 0.1) is 10.1 Å². The molecule has 136 valence electrons. The van der Waals surface area contributed by atoms with Gasteiger partial charge in [0.25, 0.3) is 5.69 Å². The molecule has 2 N–H and O–H groups in total. The van der Waals surface area contributed by atoms with Gasteiger partial charge in [0.1, 0.15) is 5.69 Å². The highest BCUT2D eigenvalue weighted by Crippen LogP contribution is 2.32. The molecule has 7 heteroatoms. The van der Waals surface area contributed by atoms with Gasteiger partial charge in [-0.25, -0.2) is 4.79 Å². The van der Waals surface area contributed by atoms with E-state index in [1.165, 1.54) is 6.07 Å². The number of nitro groups is 1. The lowest BCUT2D eigenvalue weighted by Gasteiger charge is -2.37. The van der Waals surface area contributed by atoms with Crippen LogP contribution in [0.5, 0.6) is 0 Å². The quantitative estimate of drug-likeness (QED) is 0.632. The maximum absolute atomic E-state index is 12.1. The molecule has 0 saturated carbocycles. The summed E-state index contributed by atoms with van der Waals surface area (Å²) in [6.45, 7) is 1.18. The van der Waals surface area contributed by atoms with Gasteiger partial charge in [0.2, 0.25) is 0 Å². The van der Waals surface area contributed by atoms with E-state index in [4.69, 9.17) is 0 Å². The van der Waals surface area contributed by atoms with Gasteiger partial charge in [-0.15, -0.1) is 0 Å². The average Bonchev–Trinajstić information content (AvgIpc) is 2.67. The Morgan fingerprint density at radius 2 is 1.85 bits per heavy atom. The topological polar surface area (TPSA) is 87.5 Å². The number of urea groups is 1. The van der Waals surface area contributed by atoms with Crippen molar-refractivity contribution in [3.05, 3.63) is 64.7 Å². The summed E-state index contributed by atoms with van der Waals surface area (Å²) in [6, 6.07) is 15.8. The van der Waals surface area contributed by atoms with Crippen molar-refractivity contribution >= 4 is 23.1 Å². The molecule has 2 amide bonds. The van der Waals surface area contributed by atoms with E-state index in [1.54, 1.807) is 12.1 Å². The predicted octanol–water partition coefficient (Wildman–Crippen LogP) is 3.78. The molecule has 0 radical (unpaired) electrons. The van der Waals surface area contributed by atoms with E-state index in [0.29, 0.717) is 12.2 Å². The molecule has 2 aromatic carbocycles. The minimum Gasteiger partial charge on any atom is -0.361 e. The summed E-state index contributed by atoms with van der Waals surface area (Å²) >= 11 is 0. The second kappa shape index (κ2) is 8.33. The first-order valence-corrected chi connectivity index (χ1v) is 8.75. The highest BCUT2D eigenvalue weighted by Gasteiger charge is 2.28. The first kappa shape index (κ1) is 17.7. The van der Waals surface area contributed by atoms with Crippen LogP contribution in [0.3, 0.4) is 0 Å². The highest BCUT2D eigenvalue weighted by molar-refractivity contribution is 5.89. The second-order valence-electron chi connectivity index (χ2n) is 6.29. The zero-order chi connectivity index (χ0) is 18.4. The van der Waals surface area contributed by atoms with Gasteiger partial charge in [0, 0.05) is 30.9 Å². The Morgan fingerprint density at radius 3 is 2.62 bits per heavy atom. The Morgan fingerprint density at radius 1 is 1.12 bits per heavy atom. The molecule has 1 aliphatic rings. The Hall–Kier alpha value is -3.09. The van der Waals surface area contributed by atoms with Gasteiger partial charge in [-0.3, -0.25) is 10.1 Å². The van der Waals surface area contributed by atoms with E-state index < -0.39 is 0 Å². The highest BCUT2D eigenvalue weighted by atomic mass is 16.6. The molecule has 1 aliphatic heterocycles. The van der Waals surface area contributed by atoms with Crippen molar-refractivity contribution < 1.29 is 9.72 Å². The molecule has 1 heterocycles. The summed E-state index contributed by atoms with van der Waals surface area (Å²) < 4.78 is 0. The van der Waals surface area contributed by atoms with Crippen LogP contribution in [0.25, 0.3) is 0 Å². The zero-order valence-corrected chi connectivity index (χ0v) is 14.4. The second-order valence-corrected chi connectivity index (χ2v) is 6.29. The Labute approximate surface area is 152 Å². The minimum absolute atomic E-state index is 0.0337. The van der Waals surface area contributed by atoms with E-state index in [-0.39, 0.29) is 22.7 Å². The number of hydrogen-bond donors (Lipinski definition) is 2. The summed E-state index contributed by atoms with van der Waals surface area (Å²) in [5.41, 5.74) is 1.45. The van der Waals surface area contributed by atoms with Crippen LogP contribution < -0.4 is 15.5 Å². The fourth-order valence-electron chi connectivity index (χ4n) is 3.30. The van der Waals surface area contributed by atoms with Crippen LogP contribution >= 0.6 is 0 Å². The van der Waals surface area contributed by atoms with Gasteiger partial charge in [0.05, 0.1) is 4.92 Å². The fourth-order valence-corrected chi connectivity index (χ4v) is 3.30. The largest absolute Gasteiger partial charge is 0.361 e. The molecule has 7 nitrogen and oxygen atoms in total. The fraction of sp³-hybridized carbons (Fsp3) is 0.316. The van der Waals surface area contributed by atoms with Crippen molar-refractivity contribution in [2.45, 2.75) is 25.3 Å². The molecule has 0 aromatic heterocycles. The molecule has 0 bridgehead atoms. The number of para-hydroxylation sites is 3. The third kappa shape index (κ3) is 4.30. The van der Waals surface area contributed by atoms with Crippen molar-refractivity contribution in [3.63, 3.8) is 0 Å². The number of nitrogens with zero attached hydrogens (tertiary/aromatic N) is 2. The summed E-state index contributed by atoms with van der Waals surface area (Å²) in [6.07, 6.45) is 2.92. The molecule has 1 fully saturated rings. The number of anilines is 2. The van der Waals surface area contributed by atoms with E-state index in [1.807, 2.05) is 41.3 Å². The SMILES string of the molecule is O=C(NCC1CCCCN1c1ccccc1[N+](=O)[O-])Nc1ccccc1. The van der Waals surface area contributed by atoms with E-state index in [2.05, 4.69) is 10.6 Å².